The fourth-order valence-electron chi connectivity index (χ4n) is 3.11. The highest BCUT2D eigenvalue weighted by atomic mass is 32.2. The Labute approximate surface area is 164 Å². The van der Waals surface area contributed by atoms with Gasteiger partial charge in [-0.25, -0.2) is 12.8 Å². The van der Waals surface area contributed by atoms with Crippen LogP contribution in [-0.2, 0) is 14.8 Å². The average molecular weight is 405 g/mol. The summed E-state index contributed by atoms with van der Waals surface area (Å²) in [5.41, 5.74) is 1.53. The van der Waals surface area contributed by atoms with Crippen LogP contribution >= 0.6 is 0 Å². The number of hydrogen-bond donors (Lipinski definition) is 2. The molecule has 1 aliphatic rings. The van der Waals surface area contributed by atoms with Crippen molar-refractivity contribution >= 4 is 27.3 Å². The number of nitrogens with zero attached hydrogens (tertiary/aromatic N) is 1. The van der Waals surface area contributed by atoms with Crippen LogP contribution in [0.2, 0.25) is 0 Å². The van der Waals surface area contributed by atoms with Crippen LogP contribution in [0.1, 0.15) is 24.8 Å². The van der Waals surface area contributed by atoms with E-state index in [1.165, 1.54) is 22.5 Å². The molecule has 3 rings (SSSR count). The van der Waals surface area contributed by atoms with Gasteiger partial charge in [0.1, 0.15) is 5.82 Å². The molecule has 2 aromatic rings. The van der Waals surface area contributed by atoms with Gasteiger partial charge in [0, 0.05) is 18.8 Å². The van der Waals surface area contributed by atoms with E-state index in [4.69, 9.17) is 0 Å². The van der Waals surface area contributed by atoms with Crippen molar-refractivity contribution < 1.29 is 17.6 Å². The Balaban J connectivity index is 1.58. The highest BCUT2D eigenvalue weighted by molar-refractivity contribution is 7.89. The van der Waals surface area contributed by atoms with Crippen LogP contribution in [0.5, 0.6) is 0 Å². The highest BCUT2D eigenvalue weighted by Crippen LogP contribution is 2.22. The van der Waals surface area contributed by atoms with E-state index in [1.807, 2.05) is 0 Å². The third-order valence-corrected chi connectivity index (χ3v) is 6.57. The maximum absolute atomic E-state index is 13.8. The first-order chi connectivity index (χ1) is 13.4. The summed E-state index contributed by atoms with van der Waals surface area (Å²) in [6, 6.07) is 10.8. The van der Waals surface area contributed by atoms with Crippen molar-refractivity contribution in [3.63, 3.8) is 0 Å². The molecule has 1 saturated heterocycles. The molecule has 1 amide bonds. The first kappa shape index (κ1) is 20.3. The summed E-state index contributed by atoms with van der Waals surface area (Å²) in [6.45, 7) is 2.77. The van der Waals surface area contributed by atoms with Crippen LogP contribution in [0.4, 0.5) is 15.8 Å². The summed E-state index contributed by atoms with van der Waals surface area (Å²) in [6.07, 6.45) is 2.81. The minimum atomic E-state index is -3.50. The lowest BCUT2D eigenvalue weighted by Gasteiger charge is -2.25. The van der Waals surface area contributed by atoms with Crippen molar-refractivity contribution in [2.45, 2.75) is 31.1 Å². The molecule has 2 aromatic carbocycles. The van der Waals surface area contributed by atoms with E-state index in [0.29, 0.717) is 18.8 Å². The van der Waals surface area contributed by atoms with Crippen LogP contribution in [-0.4, -0.2) is 38.3 Å². The molecule has 0 bridgehead atoms. The molecule has 0 unspecified atom stereocenters. The smallest absolute Gasteiger partial charge is 0.243 e. The first-order valence-electron chi connectivity index (χ1n) is 9.26. The van der Waals surface area contributed by atoms with Crippen LogP contribution < -0.4 is 10.6 Å². The number of anilines is 2. The van der Waals surface area contributed by atoms with Gasteiger partial charge in [-0.2, -0.15) is 4.31 Å². The zero-order chi connectivity index (χ0) is 20.1. The second kappa shape index (κ2) is 8.70. The summed E-state index contributed by atoms with van der Waals surface area (Å²) in [5.74, 6) is -0.772. The zero-order valence-electron chi connectivity index (χ0n) is 15.7. The number of piperidine rings is 1. The molecule has 1 heterocycles. The van der Waals surface area contributed by atoms with Gasteiger partial charge < -0.3 is 10.6 Å². The van der Waals surface area contributed by atoms with Crippen LogP contribution in [0, 0.1) is 12.7 Å². The SMILES string of the molecule is Cc1ccc(NCC(=O)Nc2ccc(S(=O)(=O)N3CCCCC3)cc2)c(F)c1. The lowest BCUT2D eigenvalue weighted by molar-refractivity contribution is -0.114. The Kier molecular flexibility index (Phi) is 6.31. The standard InChI is InChI=1S/C20H24FN3O3S/c1-15-5-10-19(18(21)13-15)22-14-20(25)23-16-6-8-17(9-7-16)28(26,27)24-11-3-2-4-12-24/h5-10,13,22H,2-4,11-12,14H2,1H3,(H,23,25). The molecule has 8 heteroatoms. The summed E-state index contributed by atoms with van der Waals surface area (Å²) < 4.78 is 40.5. The van der Waals surface area contributed by atoms with Gasteiger partial charge in [-0.1, -0.05) is 12.5 Å². The molecule has 0 radical (unpaired) electrons. The Morgan fingerprint density at radius 2 is 1.75 bits per heavy atom. The van der Waals surface area contributed by atoms with E-state index >= 15 is 0 Å². The van der Waals surface area contributed by atoms with Gasteiger partial charge in [0.15, 0.2) is 0 Å². The second-order valence-corrected chi connectivity index (χ2v) is 8.81. The fraction of sp³-hybridized carbons (Fsp3) is 0.350. The summed E-state index contributed by atoms with van der Waals surface area (Å²) >= 11 is 0. The molecule has 1 aliphatic heterocycles. The Bertz CT molecular complexity index is 940. The molecule has 1 fully saturated rings. The van der Waals surface area contributed by atoms with E-state index in [0.717, 1.165) is 24.8 Å². The molecular formula is C20H24FN3O3S. The van der Waals surface area contributed by atoms with Crippen LogP contribution in [0.15, 0.2) is 47.4 Å². The number of rotatable bonds is 6. The number of carbonyl (C=O) groups is 1. The second-order valence-electron chi connectivity index (χ2n) is 6.87. The van der Waals surface area contributed by atoms with Crippen molar-refractivity contribution in [3.05, 3.63) is 53.8 Å². The molecule has 0 spiro atoms. The number of amides is 1. The number of aryl methyl sites for hydroxylation is 1. The fourth-order valence-corrected chi connectivity index (χ4v) is 4.63. The monoisotopic (exact) mass is 405 g/mol. The summed E-state index contributed by atoms with van der Waals surface area (Å²) in [5, 5.41) is 5.42. The van der Waals surface area contributed by atoms with E-state index in [2.05, 4.69) is 10.6 Å². The van der Waals surface area contributed by atoms with Crippen molar-refractivity contribution in [1.29, 1.82) is 0 Å². The number of nitrogens with one attached hydrogen (secondary N) is 2. The maximum atomic E-state index is 13.8. The first-order valence-corrected chi connectivity index (χ1v) is 10.7. The molecule has 0 atom stereocenters. The zero-order valence-corrected chi connectivity index (χ0v) is 16.6. The maximum Gasteiger partial charge on any atom is 0.243 e. The van der Waals surface area contributed by atoms with Crippen LogP contribution in [0.3, 0.4) is 0 Å². The molecule has 6 nitrogen and oxygen atoms in total. The van der Waals surface area contributed by atoms with Gasteiger partial charge in [-0.15, -0.1) is 0 Å². The molecule has 0 aromatic heterocycles. The summed E-state index contributed by atoms with van der Waals surface area (Å²) in [4.78, 5) is 12.3. The molecule has 0 aliphatic carbocycles. The quantitative estimate of drug-likeness (QED) is 0.773. The summed E-state index contributed by atoms with van der Waals surface area (Å²) in [7, 11) is -3.50. The van der Waals surface area contributed by atoms with Gasteiger partial charge in [-0.05, 0) is 61.7 Å². The van der Waals surface area contributed by atoms with Gasteiger partial charge in [0.25, 0.3) is 0 Å². The van der Waals surface area contributed by atoms with Crippen molar-refractivity contribution in [2.24, 2.45) is 0 Å². The Hall–Kier alpha value is -2.45. The number of carbonyl (C=O) groups excluding carboxylic acids is 1. The minimum absolute atomic E-state index is 0.103. The van der Waals surface area contributed by atoms with Gasteiger partial charge in [0.05, 0.1) is 17.1 Å². The molecule has 28 heavy (non-hydrogen) atoms. The molecule has 150 valence electrons. The van der Waals surface area contributed by atoms with Crippen LogP contribution in [0.25, 0.3) is 0 Å². The Morgan fingerprint density at radius 1 is 1.07 bits per heavy atom. The van der Waals surface area contributed by atoms with Gasteiger partial charge >= 0.3 is 0 Å². The Morgan fingerprint density at radius 3 is 2.39 bits per heavy atom. The predicted molar refractivity (Wildman–Crippen MR) is 107 cm³/mol. The number of sulfonamides is 1. The van der Waals surface area contributed by atoms with Crippen molar-refractivity contribution in [1.82, 2.24) is 4.31 Å². The molecule has 0 saturated carbocycles. The van der Waals surface area contributed by atoms with E-state index < -0.39 is 15.8 Å². The molecule has 2 N–H and O–H groups in total. The number of halogens is 1. The predicted octanol–water partition coefficient (Wildman–Crippen LogP) is 3.36. The van der Waals surface area contributed by atoms with E-state index in [1.54, 1.807) is 31.2 Å². The third kappa shape index (κ3) is 4.88. The van der Waals surface area contributed by atoms with Gasteiger partial charge in [-0.3, -0.25) is 4.79 Å². The minimum Gasteiger partial charge on any atom is -0.374 e. The number of hydrogen-bond acceptors (Lipinski definition) is 4. The van der Waals surface area contributed by atoms with Gasteiger partial charge in [0.2, 0.25) is 15.9 Å². The van der Waals surface area contributed by atoms with Crippen molar-refractivity contribution in [3.8, 4) is 0 Å². The topological polar surface area (TPSA) is 78.5 Å². The third-order valence-electron chi connectivity index (χ3n) is 4.65. The normalized spacial score (nSPS) is 15.2. The lowest BCUT2D eigenvalue weighted by atomic mass is 10.2. The number of benzene rings is 2. The average Bonchev–Trinajstić information content (AvgIpc) is 2.68. The molecular weight excluding hydrogens is 381 g/mol. The lowest BCUT2D eigenvalue weighted by Crippen LogP contribution is -2.35. The van der Waals surface area contributed by atoms with E-state index in [9.17, 15) is 17.6 Å². The highest BCUT2D eigenvalue weighted by Gasteiger charge is 2.25. The largest absolute Gasteiger partial charge is 0.374 e. The van der Waals surface area contributed by atoms with Crippen molar-refractivity contribution in [2.75, 3.05) is 30.3 Å². The van der Waals surface area contributed by atoms with E-state index in [-0.39, 0.29) is 23.0 Å².